The van der Waals surface area contributed by atoms with Crippen molar-refractivity contribution in [3.8, 4) is 11.1 Å². The molecule has 3 aromatic rings. The third-order valence-electron chi connectivity index (χ3n) is 5.31. The number of ether oxygens (including phenoxy) is 1. The zero-order valence-corrected chi connectivity index (χ0v) is 16.6. The predicted molar refractivity (Wildman–Crippen MR) is 114 cm³/mol. The van der Waals surface area contributed by atoms with Crippen molar-refractivity contribution in [2.24, 2.45) is 0 Å². The number of carbonyl (C=O) groups is 1. The van der Waals surface area contributed by atoms with E-state index in [-0.39, 0.29) is 19.1 Å². The number of benzene rings is 3. The topological polar surface area (TPSA) is 58.6 Å². The fourth-order valence-corrected chi connectivity index (χ4v) is 4.11. The monoisotopic (exact) mass is 407 g/mol. The number of nitrogens with one attached hydrogen (secondary N) is 1. The number of aliphatic hydroxyl groups excluding tert-OH is 1. The van der Waals surface area contributed by atoms with Crippen LogP contribution >= 0.6 is 11.6 Å². The van der Waals surface area contributed by atoms with Gasteiger partial charge in [-0.2, -0.15) is 0 Å². The lowest BCUT2D eigenvalue weighted by molar-refractivity contribution is 0.132. The highest BCUT2D eigenvalue weighted by Gasteiger charge is 2.29. The Balaban J connectivity index is 1.41. The van der Waals surface area contributed by atoms with Gasteiger partial charge in [-0.25, -0.2) is 4.79 Å². The Morgan fingerprint density at radius 2 is 1.55 bits per heavy atom. The van der Waals surface area contributed by atoms with Crippen molar-refractivity contribution in [3.05, 3.63) is 94.5 Å². The van der Waals surface area contributed by atoms with Gasteiger partial charge in [-0.1, -0.05) is 78.3 Å². The smallest absolute Gasteiger partial charge is 0.407 e. The van der Waals surface area contributed by atoms with Gasteiger partial charge in [0, 0.05) is 10.9 Å². The van der Waals surface area contributed by atoms with Crippen molar-refractivity contribution in [3.63, 3.8) is 0 Å². The van der Waals surface area contributed by atoms with Gasteiger partial charge in [0.05, 0.1) is 12.6 Å². The normalized spacial score (nSPS) is 13.4. The van der Waals surface area contributed by atoms with Crippen LogP contribution in [-0.4, -0.2) is 30.5 Å². The quantitative estimate of drug-likeness (QED) is 0.618. The summed E-state index contributed by atoms with van der Waals surface area (Å²) < 4.78 is 5.55. The number of aliphatic hydroxyl groups is 1. The van der Waals surface area contributed by atoms with E-state index in [0.29, 0.717) is 11.4 Å². The summed E-state index contributed by atoms with van der Waals surface area (Å²) in [5.74, 6) is 0.00398. The molecule has 0 aromatic heterocycles. The second kappa shape index (κ2) is 8.68. The summed E-state index contributed by atoms with van der Waals surface area (Å²) in [7, 11) is 0. The zero-order chi connectivity index (χ0) is 20.2. The van der Waals surface area contributed by atoms with Crippen LogP contribution < -0.4 is 5.32 Å². The maximum atomic E-state index is 12.4. The zero-order valence-electron chi connectivity index (χ0n) is 15.8. The molecule has 0 bridgehead atoms. The molecule has 0 saturated heterocycles. The number of hydrogen-bond donors (Lipinski definition) is 2. The van der Waals surface area contributed by atoms with Gasteiger partial charge in [-0.15, -0.1) is 0 Å². The fourth-order valence-electron chi connectivity index (χ4n) is 3.90. The first kappa shape index (κ1) is 19.5. The van der Waals surface area contributed by atoms with Crippen molar-refractivity contribution < 1.29 is 14.6 Å². The molecule has 0 aliphatic heterocycles. The predicted octanol–water partition coefficient (Wildman–Crippen LogP) is 4.78. The number of fused-ring (bicyclic) bond motifs is 3. The summed E-state index contributed by atoms with van der Waals surface area (Å²) in [6.45, 7) is 0.0412. The first-order valence-corrected chi connectivity index (χ1v) is 10.0. The third-order valence-corrected chi connectivity index (χ3v) is 5.68. The molecule has 0 fully saturated rings. The van der Waals surface area contributed by atoms with Gasteiger partial charge in [0.25, 0.3) is 0 Å². The Kier molecular flexibility index (Phi) is 5.84. The SMILES string of the molecule is O=C(N[C@H](CO)Cc1ccccc1Cl)OCC1c2ccccc2-c2ccccc21. The summed E-state index contributed by atoms with van der Waals surface area (Å²) >= 11 is 6.18. The van der Waals surface area contributed by atoms with E-state index in [0.717, 1.165) is 16.7 Å². The molecular weight excluding hydrogens is 386 g/mol. The second-order valence-corrected chi connectivity index (χ2v) is 7.55. The molecule has 1 atom stereocenters. The summed E-state index contributed by atoms with van der Waals surface area (Å²) in [4.78, 5) is 12.4. The average molecular weight is 408 g/mol. The lowest BCUT2D eigenvalue weighted by atomic mass is 9.98. The van der Waals surface area contributed by atoms with Crippen LogP contribution in [0.1, 0.15) is 22.6 Å². The molecular formula is C24H22ClNO3. The molecule has 3 aromatic carbocycles. The summed E-state index contributed by atoms with van der Waals surface area (Å²) in [6.07, 6.45) is -0.113. The highest BCUT2D eigenvalue weighted by atomic mass is 35.5. The molecule has 5 heteroatoms. The van der Waals surface area contributed by atoms with Gasteiger partial charge in [0.2, 0.25) is 0 Å². The van der Waals surface area contributed by atoms with Gasteiger partial charge >= 0.3 is 6.09 Å². The maximum Gasteiger partial charge on any atom is 0.407 e. The van der Waals surface area contributed by atoms with E-state index in [4.69, 9.17) is 16.3 Å². The van der Waals surface area contributed by atoms with E-state index < -0.39 is 12.1 Å². The minimum Gasteiger partial charge on any atom is -0.449 e. The first-order valence-electron chi connectivity index (χ1n) is 9.63. The first-order chi connectivity index (χ1) is 14.2. The minimum atomic E-state index is -0.544. The molecule has 0 spiro atoms. The van der Waals surface area contributed by atoms with Gasteiger partial charge in [0.15, 0.2) is 0 Å². The molecule has 2 N–H and O–H groups in total. The molecule has 4 rings (SSSR count). The summed E-state index contributed by atoms with van der Waals surface area (Å²) in [5.41, 5.74) is 5.56. The van der Waals surface area contributed by atoms with E-state index in [9.17, 15) is 9.90 Å². The van der Waals surface area contributed by atoms with Crippen LogP contribution in [0.2, 0.25) is 5.02 Å². The van der Waals surface area contributed by atoms with E-state index in [1.807, 2.05) is 42.5 Å². The van der Waals surface area contributed by atoms with E-state index in [2.05, 4.69) is 29.6 Å². The molecule has 4 nitrogen and oxygen atoms in total. The third kappa shape index (κ3) is 4.14. The van der Waals surface area contributed by atoms with Crippen LogP contribution in [0, 0.1) is 0 Å². The molecule has 1 aliphatic carbocycles. The molecule has 29 heavy (non-hydrogen) atoms. The van der Waals surface area contributed by atoms with Crippen LogP contribution in [0.5, 0.6) is 0 Å². The van der Waals surface area contributed by atoms with E-state index >= 15 is 0 Å². The van der Waals surface area contributed by atoms with Crippen LogP contribution in [0.3, 0.4) is 0 Å². The summed E-state index contributed by atoms with van der Waals surface area (Å²) in [5, 5.41) is 13.0. The van der Waals surface area contributed by atoms with Crippen LogP contribution in [0.4, 0.5) is 4.79 Å². The number of amides is 1. The van der Waals surface area contributed by atoms with Crippen LogP contribution in [-0.2, 0) is 11.2 Å². The van der Waals surface area contributed by atoms with Crippen molar-refractivity contribution in [1.29, 1.82) is 0 Å². The Hall–Kier alpha value is -2.82. The molecule has 1 amide bonds. The Bertz CT molecular complexity index is 975. The molecule has 1 aliphatic rings. The number of rotatable bonds is 6. The van der Waals surface area contributed by atoms with Crippen molar-refractivity contribution in [1.82, 2.24) is 5.32 Å². The highest BCUT2D eigenvalue weighted by molar-refractivity contribution is 6.31. The number of alkyl carbamates (subject to hydrolysis) is 1. The van der Waals surface area contributed by atoms with E-state index in [1.54, 1.807) is 6.07 Å². The minimum absolute atomic E-state index is 0.00398. The number of halogens is 1. The lowest BCUT2D eigenvalue weighted by Gasteiger charge is -2.19. The second-order valence-electron chi connectivity index (χ2n) is 7.14. The van der Waals surface area contributed by atoms with Gasteiger partial charge in [-0.3, -0.25) is 0 Å². The molecule has 0 saturated carbocycles. The lowest BCUT2D eigenvalue weighted by Crippen LogP contribution is -2.39. The van der Waals surface area contributed by atoms with Gasteiger partial charge in [0.1, 0.15) is 6.61 Å². The van der Waals surface area contributed by atoms with Crippen molar-refractivity contribution >= 4 is 17.7 Å². The Morgan fingerprint density at radius 3 is 2.17 bits per heavy atom. The molecule has 0 unspecified atom stereocenters. The standard InChI is InChI=1S/C24H22ClNO3/c25-23-12-6-1-7-16(23)13-17(14-27)26-24(28)29-15-22-20-10-4-2-8-18(20)19-9-3-5-11-21(19)22/h1-12,17,22,27H,13-15H2,(H,26,28)/t17-/m0/s1. The highest BCUT2D eigenvalue weighted by Crippen LogP contribution is 2.44. The summed E-state index contributed by atoms with van der Waals surface area (Å²) in [6, 6.07) is 23.3. The van der Waals surface area contributed by atoms with Gasteiger partial charge < -0.3 is 15.2 Å². The fraction of sp³-hybridized carbons (Fsp3) is 0.208. The Morgan fingerprint density at radius 1 is 0.966 bits per heavy atom. The van der Waals surface area contributed by atoms with Crippen LogP contribution in [0.15, 0.2) is 72.8 Å². The maximum absolute atomic E-state index is 12.4. The molecule has 0 heterocycles. The van der Waals surface area contributed by atoms with Crippen LogP contribution in [0.25, 0.3) is 11.1 Å². The average Bonchev–Trinajstić information content (AvgIpc) is 3.07. The number of hydrogen-bond acceptors (Lipinski definition) is 3. The van der Waals surface area contributed by atoms with Crippen molar-refractivity contribution in [2.45, 2.75) is 18.4 Å². The van der Waals surface area contributed by atoms with Crippen molar-refractivity contribution in [2.75, 3.05) is 13.2 Å². The molecule has 0 radical (unpaired) electrons. The number of carbonyl (C=O) groups excluding carboxylic acids is 1. The van der Waals surface area contributed by atoms with E-state index in [1.165, 1.54) is 11.1 Å². The largest absolute Gasteiger partial charge is 0.449 e. The van der Waals surface area contributed by atoms with Gasteiger partial charge in [-0.05, 0) is 40.3 Å². The Labute approximate surface area is 175 Å². The molecule has 148 valence electrons.